The van der Waals surface area contributed by atoms with Crippen molar-refractivity contribution in [1.29, 1.82) is 0 Å². The van der Waals surface area contributed by atoms with Gasteiger partial charge in [0.1, 0.15) is 5.75 Å². The Morgan fingerprint density at radius 3 is 2.63 bits per heavy atom. The summed E-state index contributed by atoms with van der Waals surface area (Å²) in [6, 6.07) is 3.07. The van der Waals surface area contributed by atoms with Gasteiger partial charge in [0.2, 0.25) is 0 Å². The van der Waals surface area contributed by atoms with Gasteiger partial charge in [0.15, 0.2) is 11.6 Å². The molecule has 1 unspecified atom stereocenters. The van der Waals surface area contributed by atoms with Crippen LogP contribution in [-0.2, 0) is 4.79 Å². The monoisotopic (exact) mass is 270 g/mol. The molecule has 0 aliphatic carbocycles. The highest BCUT2D eigenvalue weighted by Crippen LogP contribution is 2.17. The van der Waals surface area contributed by atoms with Crippen molar-refractivity contribution in [3.63, 3.8) is 0 Å². The Morgan fingerprint density at radius 2 is 2.00 bits per heavy atom. The summed E-state index contributed by atoms with van der Waals surface area (Å²) < 4.78 is 30.5. The molecule has 4 heteroatoms. The van der Waals surface area contributed by atoms with Crippen LogP contribution in [0, 0.1) is 17.6 Å². The molecule has 0 aromatic heterocycles. The van der Waals surface area contributed by atoms with Crippen LogP contribution in [0.25, 0.3) is 0 Å². The highest BCUT2D eigenvalue weighted by atomic mass is 19.2. The first-order valence-corrected chi connectivity index (χ1v) is 6.68. The van der Waals surface area contributed by atoms with E-state index in [-0.39, 0.29) is 5.75 Å². The zero-order chi connectivity index (χ0) is 14.3. The molecule has 0 fully saturated rings. The Labute approximate surface area is 112 Å². The Morgan fingerprint density at radius 1 is 1.26 bits per heavy atom. The number of ether oxygens (including phenoxy) is 1. The zero-order valence-electron chi connectivity index (χ0n) is 11.4. The van der Waals surface area contributed by atoms with Gasteiger partial charge in [0, 0.05) is 12.5 Å². The Hall–Kier alpha value is -1.45. The molecule has 0 aliphatic heterocycles. The first-order chi connectivity index (χ1) is 9.02. The van der Waals surface area contributed by atoms with E-state index in [2.05, 4.69) is 13.8 Å². The average molecular weight is 270 g/mol. The molecule has 0 N–H and O–H groups in total. The summed E-state index contributed by atoms with van der Waals surface area (Å²) in [7, 11) is 0. The van der Waals surface area contributed by atoms with Crippen LogP contribution in [0.15, 0.2) is 18.2 Å². The van der Waals surface area contributed by atoms with Gasteiger partial charge >= 0.3 is 5.97 Å². The van der Waals surface area contributed by atoms with Gasteiger partial charge in [-0.2, -0.15) is 0 Å². The van der Waals surface area contributed by atoms with Crippen molar-refractivity contribution in [3.05, 3.63) is 29.8 Å². The molecular formula is C15H20F2O2. The van der Waals surface area contributed by atoms with Crippen molar-refractivity contribution in [1.82, 2.24) is 0 Å². The summed E-state index contributed by atoms with van der Waals surface area (Å²) in [6.45, 7) is 4.29. The fraction of sp³-hybridized carbons (Fsp3) is 0.533. The van der Waals surface area contributed by atoms with Crippen molar-refractivity contribution in [2.45, 2.75) is 46.0 Å². The van der Waals surface area contributed by atoms with Crippen LogP contribution in [0.4, 0.5) is 8.78 Å². The third-order valence-corrected chi connectivity index (χ3v) is 2.98. The predicted molar refractivity (Wildman–Crippen MR) is 69.9 cm³/mol. The average Bonchev–Trinajstić information content (AvgIpc) is 2.34. The lowest BCUT2D eigenvalue weighted by atomic mass is 9.99. The first-order valence-electron chi connectivity index (χ1n) is 6.68. The lowest BCUT2D eigenvalue weighted by molar-refractivity contribution is -0.134. The molecule has 0 saturated heterocycles. The van der Waals surface area contributed by atoms with Crippen molar-refractivity contribution >= 4 is 5.97 Å². The summed E-state index contributed by atoms with van der Waals surface area (Å²) >= 11 is 0. The first kappa shape index (κ1) is 15.6. The zero-order valence-corrected chi connectivity index (χ0v) is 11.4. The number of hydrogen-bond acceptors (Lipinski definition) is 2. The van der Waals surface area contributed by atoms with E-state index in [1.807, 2.05) is 0 Å². The molecule has 0 saturated carbocycles. The van der Waals surface area contributed by atoms with Gasteiger partial charge in [0.05, 0.1) is 0 Å². The maximum absolute atomic E-state index is 12.9. The van der Waals surface area contributed by atoms with E-state index < -0.39 is 17.6 Å². The molecule has 0 heterocycles. The van der Waals surface area contributed by atoms with Crippen LogP contribution in [0.3, 0.4) is 0 Å². The van der Waals surface area contributed by atoms with Crippen LogP contribution in [0.1, 0.15) is 46.0 Å². The highest BCUT2D eigenvalue weighted by Gasteiger charge is 2.09. The lowest BCUT2D eigenvalue weighted by Crippen LogP contribution is -2.08. The van der Waals surface area contributed by atoms with Gasteiger partial charge in [-0.25, -0.2) is 8.78 Å². The summed E-state index contributed by atoms with van der Waals surface area (Å²) in [5.41, 5.74) is 0. The van der Waals surface area contributed by atoms with Crippen LogP contribution < -0.4 is 4.74 Å². The number of hydrogen-bond donors (Lipinski definition) is 0. The van der Waals surface area contributed by atoms with Crippen LogP contribution >= 0.6 is 0 Å². The topological polar surface area (TPSA) is 26.3 Å². The van der Waals surface area contributed by atoms with Gasteiger partial charge in [-0.1, -0.05) is 33.1 Å². The van der Waals surface area contributed by atoms with Crippen molar-refractivity contribution in [3.8, 4) is 5.75 Å². The lowest BCUT2D eigenvalue weighted by Gasteiger charge is -2.09. The second-order valence-corrected chi connectivity index (χ2v) is 4.84. The minimum atomic E-state index is -1.01. The molecular weight excluding hydrogens is 250 g/mol. The molecule has 19 heavy (non-hydrogen) atoms. The Balaban J connectivity index is 2.33. The van der Waals surface area contributed by atoms with E-state index in [1.54, 1.807) is 0 Å². The summed E-state index contributed by atoms with van der Waals surface area (Å²) in [6.07, 6.45) is 4.32. The normalized spacial score (nSPS) is 12.2. The second-order valence-electron chi connectivity index (χ2n) is 4.84. The minimum absolute atomic E-state index is 0.0468. The summed E-state index contributed by atoms with van der Waals surface area (Å²) in [5.74, 6) is -1.73. The van der Waals surface area contributed by atoms with Gasteiger partial charge in [-0.3, -0.25) is 4.79 Å². The molecule has 106 valence electrons. The van der Waals surface area contributed by atoms with Crippen LogP contribution in [-0.4, -0.2) is 5.97 Å². The fourth-order valence-corrected chi connectivity index (χ4v) is 1.95. The maximum Gasteiger partial charge on any atom is 0.311 e. The van der Waals surface area contributed by atoms with Gasteiger partial charge in [0.25, 0.3) is 0 Å². The Kier molecular flexibility index (Phi) is 6.46. The molecule has 0 bridgehead atoms. The molecule has 0 spiro atoms. The molecule has 0 aliphatic rings. The number of carbonyl (C=O) groups excluding carboxylic acids is 1. The van der Waals surface area contributed by atoms with E-state index in [0.717, 1.165) is 37.8 Å². The highest BCUT2D eigenvalue weighted by molar-refractivity contribution is 5.72. The number of halogens is 2. The third-order valence-electron chi connectivity index (χ3n) is 2.98. The SMILES string of the molecule is CCCC(C)CCCC(=O)Oc1ccc(F)c(F)c1. The minimum Gasteiger partial charge on any atom is -0.426 e. The molecule has 1 aromatic carbocycles. The van der Waals surface area contributed by atoms with Crippen molar-refractivity contribution in [2.75, 3.05) is 0 Å². The fourth-order valence-electron chi connectivity index (χ4n) is 1.95. The number of rotatable bonds is 7. The van der Waals surface area contributed by atoms with Gasteiger partial charge < -0.3 is 4.74 Å². The predicted octanol–water partition coefficient (Wildman–Crippen LogP) is 4.48. The molecule has 0 amide bonds. The smallest absolute Gasteiger partial charge is 0.311 e. The molecule has 1 rings (SSSR count). The molecule has 0 radical (unpaired) electrons. The van der Waals surface area contributed by atoms with Crippen LogP contribution in [0.2, 0.25) is 0 Å². The number of esters is 1. The van der Waals surface area contributed by atoms with E-state index in [0.29, 0.717) is 12.3 Å². The van der Waals surface area contributed by atoms with Gasteiger partial charge in [-0.15, -0.1) is 0 Å². The quantitative estimate of drug-likeness (QED) is 0.539. The Bertz CT molecular complexity index is 419. The molecule has 1 aromatic rings. The summed E-state index contributed by atoms with van der Waals surface area (Å²) in [4.78, 5) is 11.5. The third kappa shape index (κ3) is 5.81. The van der Waals surface area contributed by atoms with E-state index >= 15 is 0 Å². The summed E-state index contributed by atoms with van der Waals surface area (Å²) in [5, 5.41) is 0. The van der Waals surface area contributed by atoms with Crippen molar-refractivity contribution < 1.29 is 18.3 Å². The van der Waals surface area contributed by atoms with E-state index in [9.17, 15) is 13.6 Å². The van der Waals surface area contributed by atoms with E-state index in [1.165, 1.54) is 6.07 Å². The van der Waals surface area contributed by atoms with Crippen molar-refractivity contribution in [2.24, 2.45) is 5.92 Å². The van der Waals surface area contributed by atoms with Crippen LogP contribution in [0.5, 0.6) is 5.75 Å². The molecule has 2 nitrogen and oxygen atoms in total. The number of carbonyl (C=O) groups is 1. The number of benzene rings is 1. The standard InChI is InChI=1S/C15H20F2O2/c1-3-5-11(2)6-4-7-15(18)19-12-8-9-13(16)14(17)10-12/h8-11H,3-7H2,1-2H3. The molecule has 1 atom stereocenters. The van der Waals surface area contributed by atoms with E-state index in [4.69, 9.17) is 4.74 Å². The maximum atomic E-state index is 12.9. The largest absolute Gasteiger partial charge is 0.426 e. The van der Waals surface area contributed by atoms with Gasteiger partial charge in [-0.05, 0) is 24.5 Å². The second kappa shape index (κ2) is 7.87.